The second kappa shape index (κ2) is 5.59. The summed E-state index contributed by atoms with van der Waals surface area (Å²) in [5.41, 5.74) is 0.493. The summed E-state index contributed by atoms with van der Waals surface area (Å²) in [5.74, 6) is -0.0283. The van der Waals surface area contributed by atoms with Crippen LogP contribution >= 0.6 is 39.1 Å². The number of amides is 1. The van der Waals surface area contributed by atoms with Gasteiger partial charge >= 0.3 is 0 Å². The van der Waals surface area contributed by atoms with Crippen LogP contribution < -0.4 is 0 Å². The molecule has 2 rings (SSSR count). The number of nitrogens with zero attached hydrogens (tertiary/aromatic N) is 1. The molecule has 0 atom stereocenters. The zero-order valence-electron chi connectivity index (χ0n) is 9.13. The molecule has 0 radical (unpaired) electrons. The van der Waals surface area contributed by atoms with E-state index in [9.17, 15) is 4.79 Å². The summed E-state index contributed by atoms with van der Waals surface area (Å²) in [4.78, 5) is 14.2. The van der Waals surface area contributed by atoms with Gasteiger partial charge in [0.15, 0.2) is 0 Å². The first-order chi connectivity index (χ1) is 8.15. The Hall–Kier alpha value is -0.250. The van der Waals surface area contributed by atoms with E-state index in [-0.39, 0.29) is 5.91 Å². The lowest BCUT2D eigenvalue weighted by Gasteiger charge is -2.22. The number of benzene rings is 1. The average Bonchev–Trinajstić information content (AvgIpc) is 3.13. The molecule has 0 saturated heterocycles. The van der Waals surface area contributed by atoms with Crippen molar-refractivity contribution >= 4 is 45.0 Å². The van der Waals surface area contributed by atoms with Crippen molar-refractivity contribution in [3.05, 3.63) is 33.8 Å². The highest BCUT2D eigenvalue weighted by Crippen LogP contribution is 2.31. The van der Waals surface area contributed by atoms with Crippen molar-refractivity contribution in [2.75, 3.05) is 11.9 Å². The molecule has 2 nitrogen and oxygen atoms in total. The highest BCUT2D eigenvalue weighted by atomic mass is 79.9. The van der Waals surface area contributed by atoms with Gasteiger partial charge in [0.25, 0.3) is 5.91 Å². The lowest BCUT2D eigenvalue weighted by Crippen LogP contribution is -2.34. The molecule has 1 fully saturated rings. The van der Waals surface area contributed by atoms with Crippen molar-refractivity contribution in [2.45, 2.75) is 18.9 Å². The largest absolute Gasteiger partial charge is 0.335 e. The molecule has 1 aliphatic carbocycles. The van der Waals surface area contributed by atoms with Crippen LogP contribution in [0.2, 0.25) is 10.0 Å². The summed E-state index contributed by atoms with van der Waals surface area (Å²) in [7, 11) is 0. The van der Waals surface area contributed by atoms with Gasteiger partial charge in [-0.3, -0.25) is 4.79 Å². The second-order valence-corrected chi connectivity index (χ2v) is 5.60. The number of carbonyl (C=O) groups excluding carboxylic acids is 1. The fourth-order valence-electron chi connectivity index (χ4n) is 1.75. The Labute approximate surface area is 119 Å². The molecular formula is C12H12BrCl2NO. The van der Waals surface area contributed by atoms with Gasteiger partial charge in [-0.15, -0.1) is 0 Å². The van der Waals surface area contributed by atoms with Gasteiger partial charge in [0.2, 0.25) is 0 Å². The van der Waals surface area contributed by atoms with E-state index in [0.29, 0.717) is 28.2 Å². The topological polar surface area (TPSA) is 20.3 Å². The molecule has 1 aromatic rings. The van der Waals surface area contributed by atoms with Crippen molar-refractivity contribution < 1.29 is 4.79 Å². The van der Waals surface area contributed by atoms with E-state index in [1.165, 1.54) is 0 Å². The first kappa shape index (κ1) is 13.2. The van der Waals surface area contributed by atoms with Crippen LogP contribution in [-0.4, -0.2) is 28.7 Å². The molecule has 1 amide bonds. The van der Waals surface area contributed by atoms with Crippen molar-refractivity contribution in [3.8, 4) is 0 Å². The minimum Gasteiger partial charge on any atom is -0.335 e. The summed E-state index contributed by atoms with van der Waals surface area (Å²) in [6, 6.07) is 5.53. The van der Waals surface area contributed by atoms with Gasteiger partial charge in [0.1, 0.15) is 0 Å². The molecule has 0 spiro atoms. The van der Waals surface area contributed by atoms with Gasteiger partial charge in [-0.25, -0.2) is 0 Å². The van der Waals surface area contributed by atoms with E-state index in [2.05, 4.69) is 15.9 Å². The zero-order valence-corrected chi connectivity index (χ0v) is 12.2. The number of carbonyl (C=O) groups is 1. The standard InChI is InChI=1S/C12H12BrCl2NO/c13-6-7-16(8-4-5-8)12(17)9-2-1-3-10(14)11(9)15/h1-3,8H,4-7H2. The van der Waals surface area contributed by atoms with Gasteiger partial charge in [-0.05, 0) is 25.0 Å². The van der Waals surface area contributed by atoms with E-state index in [0.717, 1.165) is 18.2 Å². The van der Waals surface area contributed by atoms with Crippen LogP contribution in [0.15, 0.2) is 18.2 Å². The fourth-order valence-corrected chi connectivity index (χ4v) is 2.51. The molecule has 0 N–H and O–H groups in total. The minimum absolute atomic E-state index is 0.0283. The van der Waals surface area contributed by atoms with Crippen molar-refractivity contribution in [1.82, 2.24) is 4.90 Å². The molecule has 5 heteroatoms. The Balaban J connectivity index is 2.25. The van der Waals surface area contributed by atoms with Crippen LogP contribution in [-0.2, 0) is 0 Å². The van der Waals surface area contributed by atoms with Gasteiger partial charge < -0.3 is 4.90 Å². The van der Waals surface area contributed by atoms with Crippen molar-refractivity contribution in [1.29, 1.82) is 0 Å². The predicted octanol–water partition coefficient (Wildman–Crippen LogP) is 3.99. The van der Waals surface area contributed by atoms with E-state index in [1.54, 1.807) is 18.2 Å². The third-order valence-corrected chi connectivity index (χ3v) is 3.93. The normalized spacial score (nSPS) is 14.8. The minimum atomic E-state index is -0.0283. The lowest BCUT2D eigenvalue weighted by molar-refractivity contribution is 0.0755. The number of rotatable bonds is 4. The Morgan fingerprint density at radius 3 is 2.71 bits per heavy atom. The molecule has 0 unspecified atom stereocenters. The quantitative estimate of drug-likeness (QED) is 0.761. The summed E-state index contributed by atoms with van der Waals surface area (Å²) in [6.45, 7) is 0.701. The fraction of sp³-hybridized carbons (Fsp3) is 0.417. The molecule has 92 valence electrons. The van der Waals surface area contributed by atoms with Crippen molar-refractivity contribution in [2.24, 2.45) is 0 Å². The maximum atomic E-state index is 12.4. The maximum absolute atomic E-state index is 12.4. The number of alkyl halides is 1. The second-order valence-electron chi connectivity index (χ2n) is 4.02. The predicted molar refractivity (Wildman–Crippen MR) is 74.3 cm³/mol. The average molecular weight is 337 g/mol. The Morgan fingerprint density at radius 2 is 2.12 bits per heavy atom. The zero-order chi connectivity index (χ0) is 12.4. The molecule has 1 aromatic carbocycles. The summed E-state index contributed by atoms with van der Waals surface area (Å²) in [5, 5.41) is 1.54. The van der Waals surface area contributed by atoms with Gasteiger partial charge in [-0.1, -0.05) is 45.2 Å². The van der Waals surface area contributed by atoms with Crippen LogP contribution in [0.5, 0.6) is 0 Å². The SMILES string of the molecule is O=C(c1cccc(Cl)c1Cl)N(CCBr)C1CC1. The molecular weight excluding hydrogens is 325 g/mol. The van der Waals surface area contributed by atoms with Crippen LogP contribution in [0.1, 0.15) is 23.2 Å². The third-order valence-electron chi connectivity index (χ3n) is 2.76. The molecule has 1 saturated carbocycles. The maximum Gasteiger partial charge on any atom is 0.255 e. The molecule has 1 aliphatic rings. The van der Waals surface area contributed by atoms with Crippen LogP contribution in [0, 0.1) is 0 Å². The molecule has 17 heavy (non-hydrogen) atoms. The Bertz CT molecular complexity index is 435. The van der Waals surface area contributed by atoms with Crippen molar-refractivity contribution in [3.63, 3.8) is 0 Å². The van der Waals surface area contributed by atoms with Crippen LogP contribution in [0.3, 0.4) is 0 Å². The number of halogens is 3. The Morgan fingerprint density at radius 1 is 1.41 bits per heavy atom. The van der Waals surface area contributed by atoms with E-state index >= 15 is 0 Å². The highest BCUT2D eigenvalue weighted by Gasteiger charge is 2.33. The number of hydrogen-bond donors (Lipinski definition) is 0. The molecule has 0 bridgehead atoms. The monoisotopic (exact) mass is 335 g/mol. The first-order valence-electron chi connectivity index (χ1n) is 5.46. The van der Waals surface area contributed by atoms with Gasteiger partial charge in [0.05, 0.1) is 15.6 Å². The molecule has 0 aliphatic heterocycles. The smallest absolute Gasteiger partial charge is 0.255 e. The van der Waals surface area contributed by atoms with E-state index in [1.807, 2.05) is 4.90 Å². The summed E-state index contributed by atoms with van der Waals surface area (Å²) >= 11 is 15.4. The van der Waals surface area contributed by atoms with Gasteiger partial charge in [-0.2, -0.15) is 0 Å². The summed E-state index contributed by atoms with van der Waals surface area (Å²) < 4.78 is 0. The highest BCUT2D eigenvalue weighted by molar-refractivity contribution is 9.09. The Kier molecular flexibility index (Phi) is 4.34. The van der Waals surface area contributed by atoms with E-state index in [4.69, 9.17) is 23.2 Å². The number of hydrogen-bond acceptors (Lipinski definition) is 1. The summed E-state index contributed by atoms with van der Waals surface area (Å²) in [6.07, 6.45) is 2.16. The van der Waals surface area contributed by atoms with Crippen LogP contribution in [0.25, 0.3) is 0 Å². The van der Waals surface area contributed by atoms with Crippen LogP contribution in [0.4, 0.5) is 0 Å². The van der Waals surface area contributed by atoms with Gasteiger partial charge in [0, 0.05) is 17.9 Å². The lowest BCUT2D eigenvalue weighted by atomic mass is 10.2. The first-order valence-corrected chi connectivity index (χ1v) is 7.34. The molecule has 0 heterocycles. The van der Waals surface area contributed by atoms with E-state index < -0.39 is 0 Å². The third kappa shape index (κ3) is 2.95. The molecule has 0 aromatic heterocycles.